The third kappa shape index (κ3) is 5.88. The van der Waals surface area contributed by atoms with Crippen molar-refractivity contribution in [3.05, 3.63) is 51.5 Å². The fourth-order valence-electron chi connectivity index (χ4n) is 5.46. The minimum absolute atomic E-state index is 0.110. The molecule has 0 radical (unpaired) electrons. The maximum Gasteiger partial charge on any atom is 0.253 e. The molecule has 0 aliphatic heterocycles. The Kier molecular flexibility index (Phi) is 7.63. The first kappa shape index (κ1) is 25.9. The van der Waals surface area contributed by atoms with Crippen molar-refractivity contribution in [2.45, 2.75) is 77.3 Å². The first-order chi connectivity index (χ1) is 17.8. The molecule has 2 aliphatic carbocycles. The molecule has 3 aromatic rings. The van der Waals surface area contributed by atoms with Gasteiger partial charge in [0.2, 0.25) is 11.9 Å². The summed E-state index contributed by atoms with van der Waals surface area (Å²) >= 11 is 12.9. The number of anilines is 2. The summed E-state index contributed by atoms with van der Waals surface area (Å²) in [6, 6.07) is 9.26. The highest BCUT2D eigenvalue weighted by Crippen LogP contribution is 2.36. The molecule has 196 valence electrons. The van der Waals surface area contributed by atoms with Crippen molar-refractivity contribution in [2.75, 3.05) is 5.32 Å². The summed E-state index contributed by atoms with van der Waals surface area (Å²) in [5.41, 5.74) is 3.08. The largest absolute Gasteiger partial charge is 0.352 e. The minimum atomic E-state index is -0.284. The van der Waals surface area contributed by atoms with E-state index in [0.717, 1.165) is 56.9 Å². The van der Waals surface area contributed by atoms with Gasteiger partial charge in [0.15, 0.2) is 0 Å². The van der Waals surface area contributed by atoms with Gasteiger partial charge in [-0.1, -0.05) is 68.3 Å². The lowest BCUT2D eigenvalue weighted by Gasteiger charge is -2.32. The quantitative estimate of drug-likeness (QED) is 0.262. The van der Waals surface area contributed by atoms with Crippen LogP contribution in [0.2, 0.25) is 10.0 Å². The third-order valence-electron chi connectivity index (χ3n) is 7.75. The molecule has 9 heteroatoms. The number of nitrogens with one attached hydrogen (secondary N) is 4. The van der Waals surface area contributed by atoms with E-state index in [0.29, 0.717) is 44.8 Å². The Balaban J connectivity index is 1.28. The smallest absolute Gasteiger partial charge is 0.253 e. The number of nitrogens with zero attached hydrogens (tertiary/aromatic N) is 1. The summed E-state index contributed by atoms with van der Waals surface area (Å²) in [5.74, 6) is 0.423. The summed E-state index contributed by atoms with van der Waals surface area (Å²) in [6.45, 7) is 2.49. The molecule has 2 aromatic carbocycles. The number of hydrogen-bond donors (Lipinski definition) is 4. The molecule has 37 heavy (non-hydrogen) atoms. The molecule has 0 saturated heterocycles. The van der Waals surface area contributed by atoms with E-state index in [-0.39, 0.29) is 23.3 Å². The maximum atomic E-state index is 12.8. The predicted molar refractivity (Wildman–Crippen MR) is 149 cm³/mol. The zero-order valence-corrected chi connectivity index (χ0v) is 22.6. The van der Waals surface area contributed by atoms with Crippen molar-refractivity contribution in [1.82, 2.24) is 20.6 Å². The van der Waals surface area contributed by atoms with E-state index in [1.165, 1.54) is 6.42 Å². The number of rotatable bonds is 7. The molecule has 0 atom stereocenters. The Hall–Kier alpha value is -2.77. The first-order valence-corrected chi connectivity index (χ1v) is 13.9. The van der Waals surface area contributed by atoms with Gasteiger partial charge < -0.3 is 20.9 Å². The SMILES string of the molecule is CC1(C(=O)NCc2ccc(Cl)c(Nc3nc4cc(C(=O)NC5CCCC5)c(Cl)cc4[nH]3)c2)CCCCC1. The molecule has 1 heterocycles. The third-order valence-corrected chi connectivity index (χ3v) is 8.39. The Labute approximate surface area is 227 Å². The lowest BCUT2D eigenvalue weighted by Crippen LogP contribution is -2.39. The lowest BCUT2D eigenvalue weighted by atomic mass is 9.75. The molecule has 1 aromatic heterocycles. The zero-order valence-electron chi connectivity index (χ0n) is 21.1. The van der Waals surface area contributed by atoms with Gasteiger partial charge in [-0.2, -0.15) is 0 Å². The minimum Gasteiger partial charge on any atom is -0.352 e. The van der Waals surface area contributed by atoms with Gasteiger partial charge >= 0.3 is 0 Å². The molecule has 2 amide bonds. The number of amides is 2. The zero-order chi connectivity index (χ0) is 26.0. The van der Waals surface area contributed by atoms with Crippen LogP contribution in [0.1, 0.15) is 80.6 Å². The van der Waals surface area contributed by atoms with Gasteiger partial charge in [0.25, 0.3) is 5.91 Å². The van der Waals surface area contributed by atoms with Gasteiger partial charge in [-0.3, -0.25) is 9.59 Å². The van der Waals surface area contributed by atoms with Crippen LogP contribution < -0.4 is 16.0 Å². The number of halogens is 2. The van der Waals surface area contributed by atoms with E-state index in [9.17, 15) is 9.59 Å². The van der Waals surface area contributed by atoms with Crippen molar-refractivity contribution in [1.29, 1.82) is 0 Å². The Morgan fingerprint density at radius 3 is 2.54 bits per heavy atom. The monoisotopic (exact) mass is 541 g/mol. The number of hydrogen-bond acceptors (Lipinski definition) is 4. The molecule has 0 bridgehead atoms. The van der Waals surface area contributed by atoms with Crippen LogP contribution in [0.15, 0.2) is 30.3 Å². The summed E-state index contributed by atoms with van der Waals surface area (Å²) in [5, 5.41) is 10.3. The van der Waals surface area contributed by atoms with Gasteiger partial charge in [-0.15, -0.1) is 0 Å². The van der Waals surface area contributed by atoms with Crippen LogP contribution in [-0.4, -0.2) is 27.8 Å². The van der Waals surface area contributed by atoms with Crippen molar-refractivity contribution >= 4 is 57.7 Å². The summed E-state index contributed by atoms with van der Waals surface area (Å²) < 4.78 is 0. The summed E-state index contributed by atoms with van der Waals surface area (Å²) in [6.07, 6.45) is 9.58. The fourth-order valence-corrected chi connectivity index (χ4v) is 5.87. The normalized spacial score (nSPS) is 17.6. The van der Waals surface area contributed by atoms with Crippen molar-refractivity contribution in [3.8, 4) is 0 Å². The average Bonchev–Trinajstić information content (AvgIpc) is 3.53. The standard InChI is InChI=1S/C28H33Cl2N5O2/c1-28(11-5-2-6-12-28)26(37)31-16-17-9-10-20(29)22(13-17)33-27-34-23-14-19(21(30)15-24(23)35-27)25(36)32-18-7-3-4-8-18/h9-10,13-15,18H,2-8,11-12,16H2,1H3,(H,31,37)(H,32,36)(H2,33,34,35). The Morgan fingerprint density at radius 1 is 1.03 bits per heavy atom. The van der Waals surface area contributed by atoms with Crippen LogP contribution in [0.3, 0.4) is 0 Å². The van der Waals surface area contributed by atoms with Crippen LogP contribution in [-0.2, 0) is 11.3 Å². The lowest BCUT2D eigenvalue weighted by molar-refractivity contribution is -0.132. The van der Waals surface area contributed by atoms with Gasteiger partial charge in [-0.25, -0.2) is 4.98 Å². The molecule has 0 spiro atoms. The van der Waals surface area contributed by atoms with Crippen LogP contribution in [0.5, 0.6) is 0 Å². The van der Waals surface area contributed by atoms with E-state index in [4.69, 9.17) is 23.2 Å². The number of benzene rings is 2. The number of carbonyl (C=O) groups is 2. The molecule has 4 N–H and O–H groups in total. The molecule has 0 unspecified atom stereocenters. The van der Waals surface area contributed by atoms with E-state index >= 15 is 0 Å². The van der Waals surface area contributed by atoms with E-state index in [1.54, 1.807) is 18.2 Å². The first-order valence-electron chi connectivity index (χ1n) is 13.1. The highest BCUT2D eigenvalue weighted by atomic mass is 35.5. The topological polar surface area (TPSA) is 98.9 Å². The van der Waals surface area contributed by atoms with E-state index in [2.05, 4.69) is 32.8 Å². The number of aromatic nitrogens is 2. The molecule has 2 saturated carbocycles. The molecular formula is C28H33Cl2N5O2. The van der Waals surface area contributed by atoms with Crippen molar-refractivity contribution < 1.29 is 9.59 Å². The van der Waals surface area contributed by atoms with Gasteiger partial charge in [0.05, 0.1) is 32.3 Å². The Morgan fingerprint density at radius 2 is 1.78 bits per heavy atom. The number of aromatic amines is 1. The summed E-state index contributed by atoms with van der Waals surface area (Å²) in [4.78, 5) is 33.4. The van der Waals surface area contributed by atoms with Crippen LogP contribution >= 0.6 is 23.2 Å². The Bertz CT molecular complexity index is 1310. The van der Waals surface area contributed by atoms with Crippen LogP contribution in [0.25, 0.3) is 11.0 Å². The molecule has 5 rings (SSSR count). The highest BCUT2D eigenvalue weighted by molar-refractivity contribution is 6.34. The van der Waals surface area contributed by atoms with Gasteiger partial charge in [0, 0.05) is 18.0 Å². The van der Waals surface area contributed by atoms with Crippen LogP contribution in [0.4, 0.5) is 11.6 Å². The molecule has 2 aliphatic rings. The fraction of sp³-hybridized carbons (Fsp3) is 0.464. The average molecular weight is 543 g/mol. The van der Waals surface area contributed by atoms with Crippen molar-refractivity contribution in [2.24, 2.45) is 5.41 Å². The highest BCUT2D eigenvalue weighted by Gasteiger charge is 2.34. The van der Waals surface area contributed by atoms with Gasteiger partial charge in [0.1, 0.15) is 0 Å². The second-order valence-corrected chi connectivity index (χ2v) is 11.4. The second-order valence-electron chi connectivity index (χ2n) is 10.6. The predicted octanol–water partition coefficient (Wildman–Crippen LogP) is 6.87. The summed E-state index contributed by atoms with van der Waals surface area (Å²) in [7, 11) is 0. The van der Waals surface area contributed by atoms with Crippen LogP contribution in [0, 0.1) is 5.41 Å². The molecular weight excluding hydrogens is 509 g/mol. The number of imidazole rings is 1. The van der Waals surface area contributed by atoms with Crippen molar-refractivity contribution in [3.63, 3.8) is 0 Å². The number of fused-ring (bicyclic) bond motifs is 1. The molecule has 7 nitrogen and oxygen atoms in total. The number of H-pyrrole nitrogens is 1. The molecule has 2 fully saturated rings. The van der Waals surface area contributed by atoms with E-state index in [1.807, 2.05) is 12.1 Å². The van der Waals surface area contributed by atoms with Gasteiger partial charge in [-0.05, 0) is 55.5 Å². The maximum absolute atomic E-state index is 12.8. The second kappa shape index (κ2) is 10.9. The number of carbonyl (C=O) groups excluding carboxylic acids is 2. The van der Waals surface area contributed by atoms with E-state index < -0.39 is 0 Å².